The first-order chi connectivity index (χ1) is 11.3. The van der Waals surface area contributed by atoms with Crippen LogP contribution in [0.5, 0.6) is 11.5 Å². The number of urea groups is 1. The summed E-state index contributed by atoms with van der Waals surface area (Å²) < 4.78 is 11.6. The lowest BCUT2D eigenvalue weighted by Crippen LogP contribution is -2.47. The van der Waals surface area contributed by atoms with Gasteiger partial charge in [0, 0.05) is 11.9 Å². The topological polar surface area (TPSA) is 63.7 Å². The lowest BCUT2D eigenvalue weighted by atomic mass is 10.2. The highest BCUT2D eigenvalue weighted by molar-refractivity contribution is 7.07. The maximum Gasteiger partial charge on any atom is 0.317 e. The second-order valence-corrected chi connectivity index (χ2v) is 5.89. The molecule has 1 aromatic heterocycles. The predicted molar refractivity (Wildman–Crippen MR) is 87.9 cm³/mol. The Morgan fingerprint density at radius 1 is 1.43 bits per heavy atom. The largest absolute Gasteiger partial charge is 0.486 e. The van der Waals surface area contributed by atoms with E-state index in [1.165, 1.54) is 11.3 Å². The molecule has 3 rings (SSSR count). The van der Waals surface area contributed by atoms with Gasteiger partial charge in [-0.15, -0.1) is 11.3 Å². The third-order valence-electron chi connectivity index (χ3n) is 3.56. The molecule has 1 N–H and O–H groups in total. The molecule has 2 heterocycles. The number of rotatable bonds is 5. The summed E-state index contributed by atoms with van der Waals surface area (Å²) in [4.78, 5) is 18.2. The van der Waals surface area contributed by atoms with Crippen LogP contribution in [0, 0.1) is 0 Å². The first-order valence-electron chi connectivity index (χ1n) is 7.54. The molecule has 2 amide bonds. The highest BCUT2D eigenvalue weighted by Gasteiger charge is 2.24. The van der Waals surface area contributed by atoms with Crippen LogP contribution in [-0.2, 0) is 6.54 Å². The molecule has 0 fully saturated rings. The lowest BCUT2D eigenvalue weighted by Gasteiger charge is -2.30. The minimum absolute atomic E-state index is 0.122. The van der Waals surface area contributed by atoms with Crippen LogP contribution < -0.4 is 14.8 Å². The summed E-state index contributed by atoms with van der Waals surface area (Å²) in [5, 5.41) is 4.80. The predicted octanol–water partition coefficient (Wildman–Crippen LogP) is 2.51. The number of ether oxygens (including phenoxy) is 2. The van der Waals surface area contributed by atoms with E-state index in [0.29, 0.717) is 26.2 Å². The van der Waals surface area contributed by atoms with E-state index < -0.39 is 0 Å². The van der Waals surface area contributed by atoms with Gasteiger partial charge in [0.1, 0.15) is 6.61 Å². The summed E-state index contributed by atoms with van der Waals surface area (Å²) in [6, 6.07) is 7.45. The summed E-state index contributed by atoms with van der Waals surface area (Å²) in [5.74, 6) is 1.47. The molecule has 2 aromatic rings. The van der Waals surface area contributed by atoms with Crippen LogP contribution in [-0.4, -0.2) is 41.7 Å². The second kappa shape index (κ2) is 7.32. The Balaban J connectivity index is 1.54. The zero-order valence-electron chi connectivity index (χ0n) is 12.9. The first-order valence-corrected chi connectivity index (χ1v) is 8.49. The maximum absolute atomic E-state index is 12.3. The number of para-hydroxylation sites is 2. The van der Waals surface area contributed by atoms with Gasteiger partial charge in [0.15, 0.2) is 17.6 Å². The Kier molecular flexibility index (Phi) is 4.97. The van der Waals surface area contributed by atoms with Crippen LogP contribution in [0.15, 0.2) is 35.2 Å². The van der Waals surface area contributed by atoms with Crippen LogP contribution in [0.25, 0.3) is 0 Å². The maximum atomic E-state index is 12.3. The highest BCUT2D eigenvalue weighted by atomic mass is 32.1. The summed E-state index contributed by atoms with van der Waals surface area (Å²) in [6.45, 7) is 3.90. The number of carbonyl (C=O) groups is 1. The number of nitrogens with zero attached hydrogens (tertiary/aromatic N) is 2. The van der Waals surface area contributed by atoms with Crippen LogP contribution in [0.1, 0.15) is 12.6 Å². The molecule has 122 valence electrons. The Labute approximate surface area is 139 Å². The van der Waals surface area contributed by atoms with Gasteiger partial charge in [-0.3, -0.25) is 0 Å². The lowest BCUT2D eigenvalue weighted by molar-refractivity contribution is 0.0675. The molecule has 0 saturated heterocycles. The van der Waals surface area contributed by atoms with Crippen LogP contribution in [0.4, 0.5) is 4.79 Å². The fourth-order valence-electron chi connectivity index (χ4n) is 2.36. The van der Waals surface area contributed by atoms with Crippen molar-refractivity contribution in [3.05, 3.63) is 40.8 Å². The number of nitrogens with one attached hydrogen (secondary N) is 1. The third kappa shape index (κ3) is 3.92. The quantitative estimate of drug-likeness (QED) is 0.913. The van der Waals surface area contributed by atoms with E-state index >= 15 is 0 Å². The van der Waals surface area contributed by atoms with E-state index in [0.717, 1.165) is 17.2 Å². The van der Waals surface area contributed by atoms with Crippen molar-refractivity contribution in [3.8, 4) is 11.5 Å². The molecule has 1 atom stereocenters. The SMILES string of the molecule is CCN(CC1COc2ccccc2O1)C(=O)NCc1cscn1. The molecular formula is C16H19N3O3S. The molecule has 0 spiro atoms. The molecule has 23 heavy (non-hydrogen) atoms. The molecule has 1 aliphatic rings. The minimum Gasteiger partial charge on any atom is -0.486 e. The first kappa shape index (κ1) is 15.6. The number of aromatic nitrogens is 1. The van der Waals surface area contributed by atoms with Crippen molar-refractivity contribution in [1.82, 2.24) is 15.2 Å². The normalized spacial score (nSPS) is 16.0. The van der Waals surface area contributed by atoms with Gasteiger partial charge in [-0.1, -0.05) is 12.1 Å². The van der Waals surface area contributed by atoms with Gasteiger partial charge in [-0.05, 0) is 19.1 Å². The van der Waals surface area contributed by atoms with E-state index in [9.17, 15) is 4.79 Å². The average Bonchev–Trinajstić information content (AvgIpc) is 3.11. The number of amides is 2. The van der Waals surface area contributed by atoms with Crippen LogP contribution >= 0.6 is 11.3 Å². The Hall–Kier alpha value is -2.28. The minimum atomic E-state index is -0.171. The van der Waals surface area contributed by atoms with Gasteiger partial charge in [-0.2, -0.15) is 0 Å². The molecule has 7 heteroatoms. The van der Waals surface area contributed by atoms with Crippen molar-refractivity contribution in [3.63, 3.8) is 0 Å². The molecule has 1 unspecified atom stereocenters. The van der Waals surface area contributed by atoms with Gasteiger partial charge in [0.2, 0.25) is 0 Å². The number of fused-ring (bicyclic) bond motifs is 1. The van der Waals surface area contributed by atoms with Crippen LogP contribution in [0.3, 0.4) is 0 Å². The third-order valence-corrected chi connectivity index (χ3v) is 4.20. The fraction of sp³-hybridized carbons (Fsp3) is 0.375. The highest BCUT2D eigenvalue weighted by Crippen LogP contribution is 2.30. The smallest absolute Gasteiger partial charge is 0.317 e. The Morgan fingerprint density at radius 2 is 2.26 bits per heavy atom. The Bertz CT molecular complexity index is 648. The number of likely N-dealkylation sites (N-methyl/N-ethyl adjacent to an activating group) is 1. The van der Waals surface area contributed by atoms with E-state index in [1.54, 1.807) is 10.4 Å². The number of thiazole rings is 1. The number of carbonyl (C=O) groups excluding carboxylic acids is 1. The number of hydrogen-bond donors (Lipinski definition) is 1. The van der Waals surface area contributed by atoms with Crippen molar-refractivity contribution < 1.29 is 14.3 Å². The van der Waals surface area contributed by atoms with Gasteiger partial charge >= 0.3 is 6.03 Å². The van der Waals surface area contributed by atoms with Crippen molar-refractivity contribution in [2.75, 3.05) is 19.7 Å². The van der Waals surface area contributed by atoms with E-state index in [1.807, 2.05) is 36.6 Å². The van der Waals surface area contributed by atoms with E-state index in [-0.39, 0.29) is 12.1 Å². The molecule has 0 radical (unpaired) electrons. The second-order valence-electron chi connectivity index (χ2n) is 5.17. The van der Waals surface area contributed by atoms with Crippen molar-refractivity contribution in [1.29, 1.82) is 0 Å². The molecule has 0 aliphatic carbocycles. The zero-order valence-corrected chi connectivity index (χ0v) is 13.7. The van der Waals surface area contributed by atoms with Crippen LogP contribution in [0.2, 0.25) is 0 Å². The summed E-state index contributed by atoms with van der Waals surface area (Å²) in [5.41, 5.74) is 2.62. The van der Waals surface area contributed by atoms with Gasteiger partial charge in [-0.25, -0.2) is 9.78 Å². The molecule has 1 aromatic carbocycles. The zero-order chi connectivity index (χ0) is 16.1. The van der Waals surface area contributed by atoms with E-state index in [4.69, 9.17) is 9.47 Å². The summed E-state index contributed by atoms with van der Waals surface area (Å²) >= 11 is 1.51. The number of hydrogen-bond acceptors (Lipinski definition) is 5. The molecular weight excluding hydrogens is 314 g/mol. The van der Waals surface area contributed by atoms with Gasteiger partial charge in [0.25, 0.3) is 0 Å². The Morgan fingerprint density at radius 3 is 3.00 bits per heavy atom. The van der Waals surface area contributed by atoms with Crippen molar-refractivity contribution >= 4 is 17.4 Å². The van der Waals surface area contributed by atoms with Crippen molar-refractivity contribution in [2.45, 2.75) is 19.6 Å². The molecule has 0 bridgehead atoms. The fourth-order valence-corrected chi connectivity index (χ4v) is 2.92. The molecule has 0 saturated carbocycles. The van der Waals surface area contributed by atoms with Crippen molar-refractivity contribution in [2.24, 2.45) is 0 Å². The summed E-state index contributed by atoms with van der Waals surface area (Å²) in [6.07, 6.45) is -0.171. The van der Waals surface area contributed by atoms with Gasteiger partial charge < -0.3 is 19.7 Å². The summed E-state index contributed by atoms with van der Waals surface area (Å²) in [7, 11) is 0. The van der Waals surface area contributed by atoms with Gasteiger partial charge in [0.05, 0.1) is 24.3 Å². The molecule has 1 aliphatic heterocycles. The molecule has 6 nitrogen and oxygen atoms in total. The monoisotopic (exact) mass is 333 g/mol. The van der Waals surface area contributed by atoms with E-state index in [2.05, 4.69) is 10.3 Å². The standard InChI is InChI=1S/C16H19N3O3S/c1-2-19(16(20)17-7-12-10-23-11-18-12)8-13-9-21-14-5-3-4-6-15(14)22-13/h3-6,10-11,13H,2,7-9H2,1H3,(H,17,20). The number of benzene rings is 1. The average molecular weight is 333 g/mol.